The van der Waals surface area contributed by atoms with Crippen molar-refractivity contribution in [2.24, 2.45) is 5.73 Å². The summed E-state index contributed by atoms with van der Waals surface area (Å²) in [5, 5.41) is 0.782. The van der Waals surface area contributed by atoms with Crippen LogP contribution in [0.5, 0.6) is 5.75 Å². The molecule has 0 aromatic heterocycles. The van der Waals surface area contributed by atoms with Gasteiger partial charge in [-0.3, -0.25) is 0 Å². The van der Waals surface area contributed by atoms with Crippen molar-refractivity contribution < 1.29 is 4.74 Å². The van der Waals surface area contributed by atoms with Crippen LogP contribution in [0.2, 0.25) is 5.02 Å². The lowest BCUT2D eigenvalue weighted by molar-refractivity contribution is 0.242. The molecule has 2 rings (SSSR count). The number of methoxy groups -OCH3 is 1. The van der Waals surface area contributed by atoms with Crippen LogP contribution in [0.4, 0.5) is 0 Å². The molecule has 0 heterocycles. The van der Waals surface area contributed by atoms with E-state index in [-0.39, 0.29) is 5.54 Å². The number of benzene rings is 1. The molecule has 2 nitrogen and oxygen atoms in total. The van der Waals surface area contributed by atoms with Crippen LogP contribution < -0.4 is 10.5 Å². The van der Waals surface area contributed by atoms with Gasteiger partial charge in [0.2, 0.25) is 0 Å². The number of hydrogen-bond donors (Lipinski definition) is 1. The van der Waals surface area contributed by atoms with Crippen LogP contribution in [0.3, 0.4) is 0 Å². The van der Waals surface area contributed by atoms with Crippen molar-refractivity contribution in [3.63, 3.8) is 0 Å². The van der Waals surface area contributed by atoms with Crippen molar-refractivity contribution >= 4 is 11.6 Å². The molecule has 1 aromatic rings. The number of hydrogen-bond acceptors (Lipinski definition) is 2. The maximum Gasteiger partial charge on any atom is 0.127 e. The molecule has 0 aliphatic heterocycles. The largest absolute Gasteiger partial charge is 0.496 e. The summed E-state index contributed by atoms with van der Waals surface area (Å²) in [5.74, 6) is 0.907. The Kier molecular flexibility index (Phi) is 2.89. The number of nitrogens with two attached hydrogens (primary N) is 1. The van der Waals surface area contributed by atoms with Crippen LogP contribution in [-0.4, -0.2) is 7.11 Å². The van der Waals surface area contributed by atoms with E-state index in [0.717, 1.165) is 40.3 Å². The molecule has 0 radical (unpaired) electrons. The normalized spacial score (nSPS) is 18.1. The molecule has 1 fully saturated rings. The SMILES string of the molecule is COc1c(C)cc(Cl)c(C)c1C1(N)CCC1. The van der Waals surface area contributed by atoms with Crippen molar-refractivity contribution in [1.29, 1.82) is 0 Å². The third kappa shape index (κ3) is 1.61. The summed E-state index contributed by atoms with van der Waals surface area (Å²) in [6.45, 7) is 4.03. The van der Waals surface area contributed by atoms with Crippen molar-refractivity contribution in [1.82, 2.24) is 0 Å². The second-order valence-electron chi connectivity index (χ2n) is 4.72. The fraction of sp³-hybridized carbons (Fsp3) is 0.538. The number of aryl methyl sites for hydroxylation is 1. The summed E-state index contributed by atoms with van der Waals surface area (Å²) in [6.07, 6.45) is 3.22. The van der Waals surface area contributed by atoms with Crippen LogP contribution in [0.1, 0.15) is 36.0 Å². The van der Waals surface area contributed by atoms with Gasteiger partial charge in [-0.1, -0.05) is 11.6 Å². The Hall–Kier alpha value is -0.730. The zero-order valence-electron chi connectivity index (χ0n) is 10.1. The molecular weight excluding hydrogens is 222 g/mol. The maximum atomic E-state index is 6.40. The predicted octanol–water partition coefficient (Wildman–Crippen LogP) is 3.30. The summed E-state index contributed by atoms with van der Waals surface area (Å²) in [5.41, 5.74) is 9.39. The lowest BCUT2D eigenvalue weighted by Gasteiger charge is -2.41. The Morgan fingerprint density at radius 3 is 2.44 bits per heavy atom. The van der Waals surface area contributed by atoms with Gasteiger partial charge >= 0.3 is 0 Å². The van der Waals surface area contributed by atoms with Gasteiger partial charge in [-0.25, -0.2) is 0 Å². The molecule has 0 atom stereocenters. The van der Waals surface area contributed by atoms with Gasteiger partial charge < -0.3 is 10.5 Å². The van der Waals surface area contributed by atoms with Crippen LogP contribution in [0.25, 0.3) is 0 Å². The summed E-state index contributed by atoms with van der Waals surface area (Å²) >= 11 is 6.22. The van der Waals surface area contributed by atoms with E-state index in [4.69, 9.17) is 22.1 Å². The minimum Gasteiger partial charge on any atom is -0.496 e. The molecule has 88 valence electrons. The molecule has 0 spiro atoms. The molecular formula is C13H18ClNO. The summed E-state index contributed by atoms with van der Waals surface area (Å²) < 4.78 is 5.50. The molecule has 16 heavy (non-hydrogen) atoms. The first kappa shape index (κ1) is 11.7. The van der Waals surface area contributed by atoms with E-state index in [1.807, 2.05) is 19.9 Å². The molecule has 0 bridgehead atoms. The van der Waals surface area contributed by atoms with Gasteiger partial charge in [0.15, 0.2) is 0 Å². The van der Waals surface area contributed by atoms with Gasteiger partial charge in [0.1, 0.15) is 5.75 Å². The summed E-state index contributed by atoms with van der Waals surface area (Å²) in [7, 11) is 1.70. The van der Waals surface area contributed by atoms with E-state index < -0.39 is 0 Å². The number of rotatable bonds is 2. The van der Waals surface area contributed by atoms with Gasteiger partial charge in [-0.15, -0.1) is 0 Å². The highest BCUT2D eigenvalue weighted by Crippen LogP contribution is 2.46. The van der Waals surface area contributed by atoms with Gasteiger partial charge in [0.05, 0.1) is 7.11 Å². The monoisotopic (exact) mass is 239 g/mol. The van der Waals surface area contributed by atoms with Gasteiger partial charge in [-0.2, -0.15) is 0 Å². The fourth-order valence-electron chi connectivity index (χ4n) is 2.52. The molecule has 2 N–H and O–H groups in total. The Bertz CT molecular complexity index is 424. The fourth-order valence-corrected chi connectivity index (χ4v) is 2.78. The van der Waals surface area contributed by atoms with Crippen molar-refractivity contribution in [3.05, 3.63) is 27.8 Å². The average Bonchev–Trinajstić information content (AvgIpc) is 2.19. The first-order chi connectivity index (χ1) is 7.49. The predicted molar refractivity (Wildman–Crippen MR) is 67.2 cm³/mol. The molecule has 1 aromatic carbocycles. The average molecular weight is 240 g/mol. The second-order valence-corrected chi connectivity index (χ2v) is 5.13. The maximum absolute atomic E-state index is 6.40. The topological polar surface area (TPSA) is 35.2 Å². The summed E-state index contributed by atoms with van der Waals surface area (Å²) in [6, 6.07) is 1.95. The zero-order chi connectivity index (χ0) is 11.9. The third-order valence-electron chi connectivity index (χ3n) is 3.61. The van der Waals surface area contributed by atoms with E-state index in [2.05, 4.69) is 0 Å². The molecule has 0 saturated heterocycles. The highest BCUT2D eigenvalue weighted by atomic mass is 35.5. The molecule has 1 aliphatic carbocycles. The Morgan fingerprint density at radius 1 is 1.38 bits per heavy atom. The minimum absolute atomic E-state index is 0.231. The standard InChI is InChI=1S/C13H18ClNO/c1-8-7-10(14)9(2)11(12(8)16-3)13(15)5-4-6-13/h7H,4-6,15H2,1-3H3. The van der Waals surface area contributed by atoms with E-state index in [1.54, 1.807) is 7.11 Å². The van der Waals surface area contributed by atoms with E-state index in [9.17, 15) is 0 Å². The van der Waals surface area contributed by atoms with Gasteiger partial charge in [-0.05, 0) is 50.3 Å². The second kappa shape index (κ2) is 3.94. The third-order valence-corrected chi connectivity index (χ3v) is 4.00. The number of halogens is 1. The van der Waals surface area contributed by atoms with E-state index in [0.29, 0.717) is 0 Å². The first-order valence-corrected chi connectivity index (χ1v) is 6.00. The molecule has 1 saturated carbocycles. The van der Waals surface area contributed by atoms with Crippen molar-refractivity contribution in [2.75, 3.05) is 7.11 Å². The highest BCUT2D eigenvalue weighted by molar-refractivity contribution is 6.31. The Balaban J connectivity index is 2.65. The number of ether oxygens (including phenoxy) is 1. The lowest BCUT2D eigenvalue weighted by atomic mass is 9.70. The Morgan fingerprint density at radius 2 is 2.00 bits per heavy atom. The van der Waals surface area contributed by atoms with Crippen LogP contribution in [0, 0.1) is 13.8 Å². The van der Waals surface area contributed by atoms with Gasteiger partial charge in [0, 0.05) is 16.1 Å². The Labute approximate surface area is 102 Å². The summed E-state index contributed by atoms with van der Waals surface area (Å²) in [4.78, 5) is 0. The van der Waals surface area contributed by atoms with E-state index >= 15 is 0 Å². The van der Waals surface area contributed by atoms with Crippen LogP contribution in [0.15, 0.2) is 6.07 Å². The first-order valence-electron chi connectivity index (χ1n) is 5.62. The quantitative estimate of drug-likeness (QED) is 0.860. The van der Waals surface area contributed by atoms with Crippen molar-refractivity contribution in [2.45, 2.75) is 38.6 Å². The molecule has 3 heteroatoms. The van der Waals surface area contributed by atoms with Crippen LogP contribution in [-0.2, 0) is 5.54 Å². The minimum atomic E-state index is -0.231. The van der Waals surface area contributed by atoms with Gasteiger partial charge in [0.25, 0.3) is 0 Å². The smallest absolute Gasteiger partial charge is 0.127 e. The molecule has 0 amide bonds. The van der Waals surface area contributed by atoms with E-state index in [1.165, 1.54) is 6.42 Å². The lowest BCUT2D eigenvalue weighted by Crippen LogP contribution is -2.44. The van der Waals surface area contributed by atoms with Crippen molar-refractivity contribution in [3.8, 4) is 5.75 Å². The van der Waals surface area contributed by atoms with Crippen LogP contribution >= 0.6 is 11.6 Å². The zero-order valence-corrected chi connectivity index (χ0v) is 10.8. The molecule has 0 unspecified atom stereocenters. The molecule has 1 aliphatic rings. The highest BCUT2D eigenvalue weighted by Gasteiger charge is 2.38.